The second-order valence-corrected chi connectivity index (χ2v) is 8.18. The molecule has 0 bridgehead atoms. The van der Waals surface area contributed by atoms with E-state index in [2.05, 4.69) is 11.1 Å². The fraction of sp³-hybridized carbons (Fsp3) is 0.435. The Morgan fingerprint density at radius 2 is 1.97 bits per heavy atom. The number of hydrogen-bond donors (Lipinski definition) is 0. The van der Waals surface area contributed by atoms with Gasteiger partial charge in [-0.25, -0.2) is 4.98 Å². The molecule has 3 heterocycles. The third-order valence-corrected chi connectivity index (χ3v) is 5.54. The molecule has 1 aromatic heterocycles. The summed E-state index contributed by atoms with van der Waals surface area (Å²) in [6, 6.07) is 12.1. The van der Waals surface area contributed by atoms with Crippen LogP contribution in [0.2, 0.25) is 0 Å². The quantitative estimate of drug-likeness (QED) is 0.798. The predicted molar refractivity (Wildman–Crippen MR) is 108 cm³/mol. The molecule has 2 aliphatic rings. The van der Waals surface area contributed by atoms with E-state index in [9.17, 15) is 10.1 Å². The molecular weight excluding hydrogens is 366 g/mol. The Kier molecular flexibility index (Phi) is 5.25. The predicted octanol–water partition coefficient (Wildman–Crippen LogP) is 3.47. The highest BCUT2D eigenvalue weighted by molar-refractivity contribution is 5.78. The normalized spacial score (nSPS) is 17.5. The lowest BCUT2D eigenvalue weighted by Gasteiger charge is -2.33. The number of hydrogen-bond acceptors (Lipinski definition) is 5. The fourth-order valence-electron chi connectivity index (χ4n) is 3.99. The van der Waals surface area contributed by atoms with Crippen LogP contribution in [0, 0.1) is 11.3 Å². The fourth-order valence-corrected chi connectivity index (χ4v) is 3.99. The largest absolute Gasteiger partial charge is 0.467 e. The number of carbonyl (C=O) groups excluding carboxylic acids is 1. The number of benzene rings is 1. The molecule has 6 nitrogen and oxygen atoms in total. The van der Waals surface area contributed by atoms with Gasteiger partial charge in [0.05, 0.1) is 17.9 Å². The number of nitrogens with zero attached hydrogens (tertiary/aromatic N) is 3. The lowest BCUT2D eigenvalue weighted by molar-refractivity contribution is -0.132. The van der Waals surface area contributed by atoms with Gasteiger partial charge in [0.25, 0.3) is 5.91 Å². The van der Waals surface area contributed by atoms with Gasteiger partial charge in [0.15, 0.2) is 6.61 Å². The maximum Gasteiger partial charge on any atom is 0.260 e. The van der Waals surface area contributed by atoms with Crippen molar-refractivity contribution in [3.8, 4) is 23.2 Å². The summed E-state index contributed by atoms with van der Waals surface area (Å²) in [6.07, 6.45) is 2.64. The highest BCUT2D eigenvalue weighted by Gasteiger charge is 2.33. The van der Waals surface area contributed by atoms with Crippen molar-refractivity contribution < 1.29 is 14.3 Å². The lowest BCUT2D eigenvalue weighted by atomic mass is 9.87. The van der Waals surface area contributed by atoms with Crippen LogP contribution >= 0.6 is 0 Å². The number of rotatable bonds is 4. The van der Waals surface area contributed by atoms with Crippen LogP contribution in [0.1, 0.15) is 43.4 Å². The van der Waals surface area contributed by atoms with Crippen molar-refractivity contribution >= 4 is 5.91 Å². The number of pyridine rings is 1. The first-order valence-electron chi connectivity index (χ1n) is 10.0. The summed E-state index contributed by atoms with van der Waals surface area (Å²) >= 11 is 0. The summed E-state index contributed by atoms with van der Waals surface area (Å²) in [5.41, 5.74) is 3.54. The van der Waals surface area contributed by atoms with Crippen molar-refractivity contribution in [1.82, 2.24) is 9.88 Å². The van der Waals surface area contributed by atoms with Gasteiger partial charge in [-0.3, -0.25) is 4.79 Å². The van der Waals surface area contributed by atoms with E-state index in [-0.39, 0.29) is 24.0 Å². The van der Waals surface area contributed by atoms with Crippen LogP contribution in [-0.4, -0.2) is 41.1 Å². The average molecular weight is 391 g/mol. The highest BCUT2D eigenvalue weighted by atomic mass is 16.5. The van der Waals surface area contributed by atoms with Crippen LogP contribution in [0.5, 0.6) is 5.88 Å². The first kappa shape index (κ1) is 19.4. The van der Waals surface area contributed by atoms with E-state index in [1.165, 1.54) is 0 Å². The van der Waals surface area contributed by atoms with Crippen LogP contribution in [0.3, 0.4) is 0 Å². The van der Waals surface area contributed by atoms with Crippen molar-refractivity contribution in [1.29, 1.82) is 5.26 Å². The number of fused-ring (bicyclic) bond motifs is 1. The maximum atomic E-state index is 12.4. The minimum Gasteiger partial charge on any atom is -0.467 e. The van der Waals surface area contributed by atoms with E-state index in [1.807, 2.05) is 44.2 Å². The van der Waals surface area contributed by atoms with Gasteiger partial charge in [0, 0.05) is 30.6 Å². The van der Waals surface area contributed by atoms with Crippen LogP contribution < -0.4 is 4.74 Å². The molecule has 0 N–H and O–H groups in total. The number of aromatic nitrogens is 1. The maximum absolute atomic E-state index is 12.4. The zero-order valence-electron chi connectivity index (χ0n) is 16.9. The van der Waals surface area contributed by atoms with Crippen molar-refractivity contribution in [3.05, 3.63) is 47.0 Å². The minimum absolute atomic E-state index is 0.0594. The van der Waals surface area contributed by atoms with Crippen LogP contribution in [0.15, 0.2) is 30.3 Å². The number of nitriles is 1. The van der Waals surface area contributed by atoms with E-state index < -0.39 is 0 Å². The molecule has 150 valence electrons. The Morgan fingerprint density at radius 3 is 2.66 bits per heavy atom. The van der Waals surface area contributed by atoms with Crippen molar-refractivity contribution in [2.24, 2.45) is 0 Å². The molecule has 0 atom stereocenters. The number of carbonyl (C=O) groups is 1. The molecule has 1 aromatic carbocycles. The van der Waals surface area contributed by atoms with Gasteiger partial charge in [0.2, 0.25) is 5.88 Å². The summed E-state index contributed by atoms with van der Waals surface area (Å²) in [7, 11) is 0. The molecule has 2 aromatic rings. The molecule has 0 saturated carbocycles. The van der Waals surface area contributed by atoms with Crippen LogP contribution in [0.4, 0.5) is 0 Å². The molecule has 0 spiro atoms. The summed E-state index contributed by atoms with van der Waals surface area (Å²) in [6.45, 7) is 5.85. The molecule has 0 aliphatic carbocycles. The van der Waals surface area contributed by atoms with Gasteiger partial charge in [0.1, 0.15) is 11.6 Å². The molecule has 1 saturated heterocycles. The van der Waals surface area contributed by atoms with Crippen LogP contribution in [0.25, 0.3) is 11.3 Å². The molecule has 0 unspecified atom stereocenters. The topological polar surface area (TPSA) is 75.5 Å². The first-order chi connectivity index (χ1) is 14.0. The molecule has 1 fully saturated rings. The summed E-state index contributed by atoms with van der Waals surface area (Å²) in [4.78, 5) is 18.9. The molecule has 0 radical (unpaired) electrons. The van der Waals surface area contributed by atoms with Gasteiger partial charge < -0.3 is 14.4 Å². The first-order valence-corrected chi connectivity index (χ1v) is 10.0. The van der Waals surface area contributed by atoms with Gasteiger partial charge >= 0.3 is 0 Å². The molecule has 1 amide bonds. The minimum atomic E-state index is -0.378. The lowest BCUT2D eigenvalue weighted by Crippen LogP contribution is -2.34. The van der Waals surface area contributed by atoms with E-state index in [0.29, 0.717) is 18.6 Å². The van der Waals surface area contributed by atoms with E-state index in [4.69, 9.17) is 9.47 Å². The zero-order chi connectivity index (χ0) is 20.4. The molecule has 29 heavy (non-hydrogen) atoms. The molecule has 2 aliphatic heterocycles. The smallest absolute Gasteiger partial charge is 0.260 e. The second-order valence-electron chi connectivity index (χ2n) is 8.18. The van der Waals surface area contributed by atoms with Gasteiger partial charge in [-0.1, -0.05) is 30.3 Å². The van der Waals surface area contributed by atoms with Crippen molar-refractivity contribution in [2.75, 3.05) is 19.7 Å². The number of ether oxygens (including phenoxy) is 2. The number of amides is 1. The molecule has 4 rings (SSSR count). The van der Waals surface area contributed by atoms with Crippen molar-refractivity contribution in [2.45, 2.75) is 45.3 Å². The van der Waals surface area contributed by atoms with Gasteiger partial charge in [-0.05, 0) is 32.3 Å². The second kappa shape index (κ2) is 7.84. The van der Waals surface area contributed by atoms with E-state index >= 15 is 0 Å². The third kappa shape index (κ3) is 3.96. The van der Waals surface area contributed by atoms with E-state index in [0.717, 1.165) is 48.3 Å². The summed E-state index contributed by atoms with van der Waals surface area (Å²) in [5.74, 6) is 0.172. The average Bonchev–Trinajstić information content (AvgIpc) is 3.26. The summed E-state index contributed by atoms with van der Waals surface area (Å²) < 4.78 is 11.8. The summed E-state index contributed by atoms with van der Waals surface area (Å²) in [5, 5.41) is 9.88. The standard InChI is InChI=1S/C23H25N3O3/c1-23(2)12-17-18(13-24)22(28-15-20(27)26-10-6-7-11-26)25-21(19(17)14-29-23)16-8-4-3-5-9-16/h3-5,8-9H,6-7,10-12,14-15H2,1-2H3. The van der Waals surface area contributed by atoms with Crippen molar-refractivity contribution in [3.63, 3.8) is 0 Å². The highest BCUT2D eigenvalue weighted by Crippen LogP contribution is 2.38. The zero-order valence-corrected chi connectivity index (χ0v) is 16.9. The Morgan fingerprint density at radius 1 is 1.24 bits per heavy atom. The Balaban J connectivity index is 1.74. The molecule has 6 heteroatoms. The number of likely N-dealkylation sites (tertiary alicyclic amines) is 1. The Hall–Kier alpha value is -2.91. The van der Waals surface area contributed by atoms with E-state index in [1.54, 1.807) is 4.90 Å². The third-order valence-electron chi connectivity index (χ3n) is 5.54. The van der Waals surface area contributed by atoms with Gasteiger partial charge in [-0.2, -0.15) is 5.26 Å². The van der Waals surface area contributed by atoms with Crippen LogP contribution in [-0.2, 0) is 22.6 Å². The Bertz CT molecular complexity index is 958. The molecular formula is C23H25N3O3. The monoisotopic (exact) mass is 391 g/mol. The SMILES string of the molecule is CC1(C)Cc2c(C#N)c(OCC(=O)N3CCCC3)nc(-c3ccccc3)c2CO1. The van der Waals surface area contributed by atoms with Gasteiger partial charge in [-0.15, -0.1) is 0 Å². The Labute approximate surface area is 171 Å².